The lowest BCUT2D eigenvalue weighted by Crippen LogP contribution is -1.98. The lowest BCUT2D eigenvalue weighted by molar-refractivity contribution is 0.452. The van der Waals surface area contributed by atoms with Crippen molar-refractivity contribution in [3.63, 3.8) is 0 Å². The molecule has 6 heteroatoms. The van der Waals surface area contributed by atoms with Crippen molar-refractivity contribution >= 4 is 33.3 Å². The molecule has 1 aromatic heterocycles. The van der Waals surface area contributed by atoms with Crippen LogP contribution in [-0.2, 0) is 0 Å². The summed E-state index contributed by atoms with van der Waals surface area (Å²) in [7, 11) is 0. The molecule has 0 saturated heterocycles. The molecule has 0 fully saturated rings. The third-order valence-corrected chi connectivity index (χ3v) is 3.37. The lowest BCUT2D eigenvalue weighted by atomic mass is 10.1. The van der Waals surface area contributed by atoms with Crippen LogP contribution in [0, 0.1) is 13.8 Å². The Hall–Kier alpha value is -1.33. The van der Waals surface area contributed by atoms with E-state index in [0.29, 0.717) is 21.2 Å². The zero-order valence-corrected chi connectivity index (χ0v) is 12.2. The third-order valence-electron chi connectivity index (χ3n) is 2.41. The van der Waals surface area contributed by atoms with E-state index in [1.807, 2.05) is 26.0 Å². The van der Waals surface area contributed by atoms with Gasteiger partial charge in [-0.2, -0.15) is 0 Å². The fraction of sp³-hybridized carbons (Fsp3) is 0.167. The normalized spacial score (nSPS) is 10.4. The summed E-state index contributed by atoms with van der Waals surface area (Å²) in [6, 6.07) is 3.67. The highest BCUT2D eigenvalue weighted by Gasteiger charge is 2.12. The van der Waals surface area contributed by atoms with Crippen LogP contribution in [-0.4, -0.2) is 9.97 Å². The average molecular weight is 329 g/mol. The average Bonchev–Trinajstić information content (AvgIpc) is 2.28. The summed E-state index contributed by atoms with van der Waals surface area (Å²) in [5, 5.41) is 0.679. The van der Waals surface area contributed by atoms with E-state index in [9.17, 15) is 0 Å². The molecule has 0 amide bonds. The summed E-state index contributed by atoms with van der Waals surface area (Å²) in [5.41, 5.74) is 7.54. The summed E-state index contributed by atoms with van der Waals surface area (Å²) >= 11 is 9.27. The van der Waals surface area contributed by atoms with Gasteiger partial charge in [0.05, 0.1) is 0 Å². The summed E-state index contributed by atoms with van der Waals surface area (Å²) in [4.78, 5) is 7.90. The maximum Gasteiger partial charge on any atom is 0.238 e. The van der Waals surface area contributed by atoms with Gasteiger partial charge in [0.25, 0.3) is 0 Å². The topological polar surface area (TPSA) is 61.0 Å². The first-order chi connectivity index (χ1) is 8.49. The van der Waals surface area contributed by atoms with Crippen LogP contribution in [0.15, 0.2) is 22.9 Å². The van der Waals surface area contributed by atoms with Crippen molar-refractivity contribution in [3.8, 4) is 11.6 Å². The van der Waals surface area contributed by atoms with Gasteiger partial charge in [-0.05, 0) is 53.0 Å². The van der Waals surface area contributed by atoms with E-state index in [4.69, 9.17) is 22.1 Å². The lowest BCUT2D eigenvalue weighted by Gasteiger charge is -2.12. The molecule has 0 spiro atoms. The molecule has 18 heavy (non-hydrogen) atoms. The fourth-order valence-corrected chi connectivity index (χ4v) is 2.21. The van der Waals surface area contributed by atoms with E-state index in [-0.39, 0.29) is 0 Å². The van der Waals surface area contributed by atoms with Crippen LogP contribution in [0.4, 0.5) is 5.82 Å². The molecule has 1 heterocycles. The monoisotopic (exact) mass is 327 g/mol. The summed E-state index contributed by atoms with van der Waals surface area (Å²) < 4.78 is 6.31. The molecule has 2 N–H and O–H groups in total. The maximum absolute atomic E-state index is 5.97. The van der Waals surface area contributed by atoms with Crippen LogP contribution in [0.3, 0.4) is 0 Å². The Morgan fingerprint density at radius 3 is 2.44 bits per heavy atom. The minimum absolute atomic E-state index is 0.337. The van der Waals surface area contributed by atoms with E-state index in [1.54, 1.807) is 0 Å². The molecule has 0 saturated carbocycles. The van der Waals surface area contributed by atoms with Gasteiger partial charge >= 0.3 is 0 Å². The SMILES string of the molecule is Cc1cc(Cl)cc(C)c1Oc1ncnc(N)c1Br. The number of aryl methyl sites for hydroxylation is 2. The van der Waals surface area contributed by atoms with Crippen molar-refractivity contribution < 1.29 is 4.74 Å². The van der Waals surface area contributed by atoms with Crippen LogP contribution in [0.1, 0.15) is 11.1 Å². The van der Waals surface area contributed by atoms with Crippen molar-refractivity contribution in [1.82, 2.24) is 9.97 Å². The molecule has 1 aromatic carbocycles. The highest BCUT2D eigenvalue weighted by atomic mass is 79.9. The zero-order valence-electron chi connectivity index (χ0n) is 9.87. The standard InChI is InChI=1S/C12H11BrClN3O/c1-6-3-8(14)4-7(2)10(6)18-12-9(13)11(15)16-5-17-12/h3-5H,1-2H3,(H2,15,16,17). The molecule has 0 aliphatic carbocycles. The largest absolute Gasteiger partial charge is 0.437 e. The van der Waals surface area contributed by atoms with Crippen LogP contribution in [0.2, 0.25) is 5.02 Å². The van der Waals surface area contributed by atoms with Gasteiger partial charge in [-0.3, -0.25) is 0 Å². The zero-order chi connectivity index (χ0) is 13.3. The molecule has 0 aliphatic rings. The third kappa shape index (κ3) is 2.57. The number of nitrogen functional groups attached to an aromatic ring is 1. The minimum atomic E-state index is 0.337. The number of ether oxygens (including phenoxy) is 1. The second kappa shape index (κ2) is 5.12. The molecule has 2 rings (SSSR count). The van der Waals surface area contributed by atoms with Crippen LogP contribution >= 0.6 is 27.5 Å². The Bertz CT molecular complexity index is 581. The molecule has 0 radical (unpaired) electrons. The molecule has 0 atom stereocenters. The number of halogens is 2. The second-order valence-corrected chi connectivity index (χ2v) is 5.08. The Labute approximate surface area is 118 Å². The Morgan fingerprint density at radius 2 is 1.83 bits per heavy atom. The molecule has 0 bridgehead atoms. The fourth-order valence-electron chi connectivity index (χ4n) is 1.59. The van der Waals surface area contributed by atoms with Crippen molar-refractivity contribution in [2.75, 3.05) is 5.73 Å². The van der Waals surface area contributed by atoms with Gasteiger partial charge in [0.1, 0.15) is 22.4 Å². The highest BCUT2D eigenvalue weighted by Crippen LogP contribution is 2.34. The highest BCUT2D eigenvalue weighted by molar-refractivity contribution is 9.10. The molecular formula is C12H11BrClN3O. The van der Waals surface area contributed by atoms with Crippen molar-refractivity contribution in [3.05, 3.63) is 39.1 Å². The minimum Gasteiger partial charge on any atom is -0.437 e. The Morgan fingerprint density at radius 1 is 1.22 bits per heavy atom. The van der Waals surface area contributed by atoms with Gasteiger partial charge in [-0.25, -0.2) is 9.97 Å². The quantitative estimate of drug-likeness (QED) is 0.908. The first-order valence-electron chi connectivity index (χ1n) is 5.19. The van der Waals surface area contributed by atoms with Gasteiger partial charge in [0.2, 0.25) is 5.88 Å². The molecule has 94 valence electrons. The van der Waals surface area contributed by atoms with E-state index >= 15 is 0 Å². The van der Waals surface area contributed by atoms with Crippen LogP contribution in [0.25, 0.3) is 0 Å². The van der Waals surface area contributed by atoms with Crippen molar-refractivity contribution in [2.45, 2.75) is 13.8 Å². The molecular weight excluding hydrogens is 318 g/mol. The van der Waals surface area contributed by atoms with Gasteiger partial charge in [0.15, 0.2) is 0 Å². The van der Waals surface area contributed by atoms with E-state index in [1.165, 1.54) is 6.33 Å². The number of anilines is 1. The number of hydrogen-bond donors (Lipinski definition) is 1. The second-order valence-electron chi connectivity index (χ2n) is 3.85. The smallest absolute Gasteiger partial charge is 0.238 e. The van der Waals surface area contributed by atoms with Crippen molar-refractivity contribution in [1.29, 1.82) is 0 Å². The van der Waals surface area contributed by atoms with E-state index in [2.05, 4.69) is 25.9 Å². The van der Waals surface area contributed by atoms with Crippen LogP contribution < -0.4 is 10.5 Å². The number of nitrogens with zero attached hydrogens (tertiary/aromatic N) is 2. The van der Waals surface area contributed by atoms with Gasteiger partial charge in [-0.15, -0.1) is 0 Å². The molecule has 2 aromatic rings. The molecule has 0 aliphatic heterocycles. The first kappa shape index (κ1) is 13.1. The molecule has 0 unspecified atom stereocenters. The number of benzene rings is 1. The predicted molar refractivity (Wildman–Crippen MR) is 75.1 cm³/mol. The predicted octanol–water partition coefficient (Wildman–Crippen LogP) is 3.88. The van der Waals surface area contributed by atoms with Gasteiger partial charge in [0, 0.05) is 5.02 Å². The molecule has 4 nitrogen and oxygen atoms in total. The van der Waals surface area contributed by atoms with E-state index in [0.717, 1.165) is 16.9 Å². The summed E-state index contributed by atoms with van der Waals surface area (Å²) in [6.45, 7) is 3.85. The summed E-state index contributed by atoms with van der Waals surface area (Å²) in [6.07, 6.45) is 1.36. The van der Waals surface area contributed by atoms with Gasteiger partial charge in [-0.1, -0.05) is 11.6 Å². The number of aromatic nitrogens is 2. The first-order valence-corrected chi connectivity index (χ1v) is 6.36. The number of rotatable bonds is 2. The van der Waals surface area contributed by atoms with Gasteiger partial charge < -0.3 is 10.5 Å². The van der Waals surface area contributed by atoms with Crippen LogP contribution in [0.5, 0.6) is 11.6 Å². The number of hydrogen-bond acceptors (Lipinski definition) is 4. The summed E-state index contributed by atoms with van der Waals surface area (Å²) in [5.74, 6) is 1.44. The Kier molecular flexibility index (Phi) is 3.73. The maximum atomic E-state index is 5.97. The van der Waals surface area contributed by atoms with E-state index < -0.39 is 0 Å². The number of nitrogens with two attached hydrogens (primary N) is 1. The van der Waals surface area contributed by atoms with Crippen molar-refractivity contribution in [2.24, 2.45) is 0 Å². The Balaban J connectivity index is 2.43.